The van der Waals surface area contributed by atoms with Crippen molar-refractivity contribution in [3.63, 3.8) is 0 Å². The summed E-state index contributed by atoms with van der Waals surface area (Å²) >= 11 is 0. The number of hydrogen-bond donors (Lipinski definition) is 1. The number of nitrogens with one attached hydrogen (secondary N) is 1. The van der Waals surface area contributed by atoms with Gasteiger partial charge in [-0.1, -0.05) is 20.8 Å². The van der Waals surface area contributed by atoms with E-state index < -0.39 is 7.05 Å². The highest BCUT2D eigenvalue weighted by atomic mass is 31.2. The Morgan fingerprint density at radius 3 is 1.25 bits per heavy atom. The fourth-order valence-electron chi connectivity index (χ4n) is 0. The van der Waals surface area contributed by atoms with Crippen LogP contribution >= 0.6 is 7.05 Å². The first-order chi connectivity index (χ1) is 3.25. The van der Waals surface area contributed by atoms with E-state index in [1.165, 1.54) is 0 Å². The molecule has 0 saturated heterocycles. The first kappa shape index (κ1) is 8.23. The highest BCUT2D eigenvalue weighted by Crippen LogP contribution is 2.51. The van der Waals surface area contributed by atoms with Crippen molar-refractivity contribution in [1.82, 2.24) is 0 Å². The third-order valence-corrected chi connectivity index (χ3v) is 5.03. The van der Waals surface area contributed by atoms with Crippen LogP contribution in [-0.4, -0.2) is 18.5 Å². The third-order valence-electron chi connectivity index (χ3n) is 1.68. The van der Waals surface area contributed by atoms with E-state index in [-0.39, 0.29) is 5.16 Å². The second kappa shape index (κ2) is 1.88. The van der Waals surface area contributed by atoms with Crippen LogP contribution in [0.15, 0.2) is 0 Å². The van der Waals surface area contributed by atoms with E-state index in [1.54, 1.807) is 0 Å². The van der Waals surface area contributed by atoms with Gasteiger partial charge in [0.25, 0.3) is 0 Å². The zero-order chi connectivity index (χ0) is 7.00. The van der Waals surface area contributed by atoms with Crippen LogP contribution in [0.25, 0.3) is 0 Å². The quantitative estimate of drug-likeness (QED) is 0.491. The van der Waals surface area contributed by atoms with E-state index >= 15 is 0 Å². The van der Waals surface area contributed by atoms with Crippen molar-refractivity contribution in [1.29, 1.82) is 5.16 Å². The third kappa shape index (κ3) is 2.00. The van der Waals surface area contributed by atoms with Crippen molar-refractivity contribution >= 4 is 7.05 Å². The minimum atomic E-state index is -1.35. The Labute approximate surface area is 52.3 Å². The van der Waals surface area contributed by atoms with Gasteiger partial charge in [0.1, 0.15) is 0 Å². The second-order valence-corrected chi connectivity index (χ2v) is 7.87. The summed E-state index contributed by atoms with van der Waals surface area (Å²) in [6, 6.07) is 0. The van der Waals surface area contributed by atoms with Gasteiger partial charge < -0.3 is 5.16 Å². The Hall–Kier alpha value is 0.230. The van der Waals surface area contributed by atoms with Crippen LogP contribution < -0.4 is 0 Å². The van der Waals surface area contributed by atoms with Crippen molar-refractivity contribution in [2.45, 2.75) is 25.9 Å². The van der Waals surface area contributed by atoms with E-state index in [2.05, 4.69) is 20.8 Å². The van der Waals surface area contributed by atoms with Gasteiger partial charge in [0.2, 0.25) is 0 Å². The van der Waals surface area contributed by atoms with Crippen LogP contribution in [0.3, 0.4) is 0 Å². The second-order valence-electron chi connectivity index (χ2n) is 3.62. The molecule has 0 aliphatic heterocycles. The first-order valence-electron chi connectivity index (χ1n) is 2.84. The molecule has 0 atom stereocenters. The van der Waals surface area contributed by atoms with Gasteiger partial charge in [-0.2, -0.15) is 0 Å². The SMILES string of the molecule is CC(C)(C)P(C)(C)=N. The van der Waals surface area contributed by atoms with E-state index in [4.69, 9.17) is 5.16 Å². The van der Waals surface area contributed by atoms with E-state index in [1.807, 2.05) is 13.3 Å². The highest BCUT2D eigenvalue weighted by Gasteiger charge is 2.21. The lowest BCUT2D eigenvalue weighted by Gasteiger charge is -2.27. The summed E-state index contributed by atoms with van der Waals surface area (Å²) in [6.45, 7) is 10.5. The summed E-state index contributed by atoms with van der Waals surface area (Å²) in [6.07, 6.45) is 0. The zero-order valence-corrected chi connectivity index (χ0v) is 7.34. The molecule has 0 unspecified atom stereocenters. The standard InChI is InChI=1S/C6H16NP/c1-6(2,3)8(4,5)7/h7H,1-5H3. The van der Waals surface area contributed by atoms with Gasteiger partial charge in [-0.15, -0.1) is 0 Å². The zero-order valence-electron chi connectivity index (χ0n) is 6.45. The fraction of sp³-hybridized carbons (Fsp3) is 1.00. The van der Waals surface area contributed by atoms with Crippen LogP contribution in [0.2, 0.25) is 0 Å². The smallest absolute Gasteiger partial charge is 0.00379 e. The molecule has 2 heteroatoms. The largest absolute Gasteiger partial charge is 0.319 e. The van der Waals surface area contributed by atoms with E-state index in [0.717, 1.165) is 0 Å². The normalized spacial score (nSPS) is 14.1. The Morgan fingerprint density at radius 1 is 1.12 bits per heavy atom. The molecule has 1 N–H and O–H groups in total. The molecule has 1 nitrogen and oxygen atoms in total. The molecule has 0 aromatic heterocycles. The van der Waals surface area contributed by atoms with Crippen molar-refractivity contribution in [3.05, 3.63) is 0 Å². The van der Waals surface area contributed by atoms with Gasteiger partial charge in [0.15, 0.2) is 0 Å². The van der Waals surface area contributed by atoms with Crippen LogP contribution in [-0.2, 0) is 0 Å². The topological polar surface area (TPSA) is 23.9 Å². The molecule has 0 fully saturated rings. The van der Waals surface area contributed by atoms with E-state index in [0.29, 0.717) is 0 Å². The number of hydrogen-bond acceptors (Lipinski definition) is 1. The van der Waals surface area contributed by atoms with Crippen LogP contribution in [0.1, 0.15) is 20.8 Å². The van der Waals surface area contributed by atoms with E-state index in [9.17, 15) is 0 Å². The fourth-order valence-corrected chi connectivity index (χ4v) is 0. The predicted octanol–water partition coefficient (Wildman–Crippen LogP) is 2.82. The van der Waals surface area contributed by atoms with Crippen molar-refractivity contribution in [2.24, 2.45) is 0 Å². The molecular formula is C6H16NP. The predicted molar refractivity (Wildman–Crippen MR) is 41.2 cm³/mol. The lowest BCUT2D eigenvalue weighted by Crippen LogP contribution is -2.12. The van der Waals surface area contributed by atoms with Gasteiger partial charge in [-0.3, -0.25) is 0 Å². The number of rotatable bonds is 0. The minimum Gasteiger partial charge on any atom is -0.319 e. The minimum absolute atomic E-state index is 0.215. The summed E-state index contributed by atoms with van der Waals surface area (Å²) < 4.78 is 0. The Bertz CT molecular complexity index is 115. The van der Waals surface area contributed by atoms with Gasteiger partial charge in [0.05, 0.1) is 0 Å². The summed E-state index contributed by atoms with van der Waals surface area (Å²) in [4.78, 5) is 0. The van der Waals surface area contributed by atoms with Gasteiger partial charge >= 0.3 is 0 Å². The van der Waals surface area contributed by atoms with Crippen LogP contribution in [0.5, 0.6) is 0 Å². The molecule has 0 radical (unpaired) electrons. The highest BCUT2D eigenvalue weighted by molar-refractivity contribution is 7.65. The summed E-state index contributed by atoms with van der Waals surface area (Å²) in [5.74, 6) is 0. The van der Waals surface area contributed by atoms with Crippen molar-refractivity contribution < 1.29 is 0 Å². The maximum atomic E-state index is 7.69. The molecule has 0 aromatic carbocycles. The Morgan fingerprint density at radius 2 is 1.25 bits per heavy atom. The van der Waals surface area contributed by atoms with Gasteiger partial charge in [-0.05, 0) is 25.5 Å². The summed E-state index contributed by atoms with van der Waals surface area (Å²) in [5.41, 5.74) is 0. The summed E-state index contributed by atoms with van der Waals surface area (Å²) in [5, 5.41) is 7.91. The first-order valence-corrected chi connectivity index (χ1v) is 5.52. The van der Waals surface area contributed by atoms with Crippen molar-refractivity contribution in [2.75, 3.05) is 13.3 Å². The average molecular weight is 133 g/mol. The van der Waals surface area contributed by atoms with Gasteiger partial charge in [-0.25, -0.2) is 0 Å². The molecule has 0 aromatic rings. The van der Waals surface area contributed by atoms with Crippen LogP contribution in [0.4, 0.5) is 0 Å². The molecule has 0 aliphatic rings. The lowest BCUT2D eigenvalue weighted by molar-refractivity contribution is 0.778. The maximum absolute atomic E-state index is 7.69. The molecule has 0 amide bonds. The molecule has 8 heavy (non-hydrogen) atoms. The Balaban J connectivity index is 4.26. The molecular weight excluding hydrogens is 117 g/mol. The molecule has 0 bridgehead atoms. The van der Waals surface area contributed by atoms with Crippen LogP contribution in [0, 0.1) is 5.16 Å². The monoisotopic (exact) mass is 133 g/mol. The molecule has 50 valence electrons. The molecule has 0 rings (SSSR count). The maximum Gasteiger partial charge on any atom is -0.00379 e. The molecule has 0 saturated carbocycles. The Kier molecular flexibility index (Phi) is 1.93. The van der Waals surface area contributed by atoms with Gasteiger partial charge in [0, 0.05) is 0 Å². The molecule has 0 spiro atoms. The molecule has 0 aliphatic carbocycles. The van der Waals surface area contributed by atoms with Crippen molar-refractivity contribution in [3.8, 4) is 0 Å². The lowest BCUT2D eigenvalue weighted by atomic mass is 10.3. The molecule has 0 heterocycles. The summed E-state index contributed by atoms with van der Waals surface area (Å²) in [7, 11) is -1.35. The average Bonchev–Trinajstić information content (AvgIpc) is 1.25.